The summed E-state index contributed by atoms with van der Waals surface area (Å²) in [7, 11) is 7.60. The summed E-state index contributed by atoms with van der Waals surface area (Å²) in [6, 6.07) is 0.729. The Bertz CT molecular complexity index is 646. The van der Waals surface area contributed by atoms with Gasteiger partial charge < -0.3 is 65.6 Å². The molecule has 0 saturated carbocycles. The normalized spacial score (nSPS) is 12.9. The molecule has 0 aromatic heterocycles. The maximum absolute atomic E-state index is 2.76. The fourth-order valence-corrected chi connectivity index (χ4v) is 8.48. The number of rotatable bonds is 39. The molecule has 2 atom stereocenters. The molecule has 0 bridgehead atoms. The molecule has 6 heteroatoms. The van der Waals surface area contributed by atoms with E-state index in [-0.39, 0.29) is 50.9 Å². The van der Waals surface area contributed by atoms with Crippen LogP contribution in [0.5, 0.6) is 0 Å². The van der Waals surface area contributed by atoms with Gasteiger partial charge in [0.05, 0.1) is 34.2 Å². The van der Waals surface area contributed by atoms with Crippen molar-refractivity contribution in [3.63, 3.8) is 0 Å². The third-order valence-corrected chi connectivity index (χ3v) is 11.8. The molecule has 0 aromatic rings. The van der Waals surface area contributed by atoms with Crippen LogP contribution in [0.3, 0.4) is 0 Å². The molecule has 51 heavy (non-hydrogen) atoms. The van der Waals surface area contributed by atoms with E-state index in [4.69, 9.17) is 0 Å². The highest BCUT2D eigenvalue weighted by molar-refractivity contribution is 4.78. The van der Waals surface area contributed by atoms with Gasteiger partial charge in [-0.15, -0.1) is 0 Å². The summed E-state index contributed by atoms with van der Waals surface area (Å²) in [5.74, 6) is 0. The zero-order valence-electron chi connectivity index (χ0n) is 36.5. The second-order valence-electron chi connectivity index (χ2n) is 17.6. The quantitative estimate of drug-likeness (QED) is 0.0700. The van der Waals surface area contributed by atoms with Crippen molar-refractivity contribution in [3.8, 4) is 0 Å². The first kappa shape index (κ1) is 59.0. The first-order valence-electron chi connectivity index (χ1n) is 22.7. The largest absolute Gasteiger partial charge is 1.00 e. The Kier molecular flexibility index (Phi) is 49.1. The van der Waals surface area contributed by atoms with Crippen molar-refractivity contribution in [2.75, 3.05) is 47.3 Å². The molecule has 0 spiro atoms. The summed E-state index contributed by atoms with van der Waals surface area (Å²) < 4.78 is 1.21. The molecule has 0 aromatic carbocycles. The van der Waals surface area contributed by atoms with Crippen molar-refractivity contribution < 1.29 is 65.6 Å². The number of likely N-dealkylation sites (N-methyl/N-ethyl adjacent to an activating group) is 2. The molecule has 2 unspecified atom stereocenters. The van der Waals surface area contributed by atoms with Crippen LogP contribution in [0.25, 0.3) is 0 Å². The Morgan fingerprint density at radius 2 is 0.765 bits per heavy atom. The number of nitrogens with one attached hydrogen (secondary N) is 1. The average Bonchev–Trinajstić information content (AvgIpc) is 3.05. The standard InChI is InChI=1S/C45H96N3.3BrH/c1-9-12-15-18-21-24-27-30-33-36-39-44(48(7,8)43-38-35-32-29-26-23-20-17-14-11-3)45(4,5)46-40-42-47(6)41-37-34-31-28-25-22-19-16-13-10-2;;;/h44,46H,9-43H2,1-8H3;3*1H/q+1;;;/p-1. The molecule has 0 aliphatic carbocycles. The molecule has 0 aliphatic rings. The number of quaternary nitrogens is 3. The monoisotopic (exact) mass is 918 g/mol. The predicted octanol–water partition coefficient (Wildman–Crippen LogP) is 2.45. The van der Waals surface area contributed by atoms with Crippen molar-refractivity contribution in [1.82, 2.24) is 0 Å². The minimum atomic E-state index is 0. The molecule has 0 saturated heterocycles. The Labute approximate surface area is 356 Å². The zero-order chi connectivity index (χ0) is 35.6. The molecule has 0 amide bonds. The van der Waals surface area contributed by atoms with E-state index in [9.17, 15) is 0 Å². The van der Waals surface area contributed by atoms with E-state index < -0.39 is 0 Å². The molecule has 0 aliphatic heterocycles. The molecular formula is C45H98Br3N3. The molecule has 314 valence electrons. The van der Waals surface area contributed by atoms with Gasteiger partial charge in [0, 0.05) is 6.42 Å². The molecule has 0 radical (unpaired) electrons. The van der Waals surface area contributed by atoms with E-state index in [0.717, 1.165) is 6.04 Å². The average molecular weight is 921 g/mol. The summed E-state index contributed by atoms with van der Waals surface area (Å²) in [6.45, 7) is 17.4. The topological polar surface area (TPSA) is 21.1 Å². The van der Waals surface area contributed by atoms with Gasteiger partial charge in [-0.25, -0.2) is 0 Å². The number of nitrogens with zero attached hydrogens (tertiary/aromatic N) is 1. The zero-order valence-corrected chi connectivity index (χ0v) is 41.2. The van der Waals surface area contributed by atoms with Crippen molar-refractivity contribution in [1.29, 1.82) is 0 Å². The third kappa shape index (κ3) is 38.0. The van der Waals surface area contributed by atoms with Gasteiger partial charge in [-0.1, -0.05) is 181 Å². The van der Waals surface area contributed by atoms with Crippen molar-refractivity contribution in [3.05, 3.63) is 0 Å². The minimum absolute atomic E-state index is 0. The summed E-state index contributed by atoms with van der Waals surface area (Å²) >= 11 is 0. The lowest BCUT2D eigenvalue weighted by Crippen LogP contribution is -3.13. The van der Waals surface area contributed by atoms with Gasteiger partial charge in [0.25, 0.3) is 0 Å². The SMILES string of the molecule is CCCCCCCCCCCCC(C(C)(C)[NH2+]CC[NH+](C)CCCCCCCCCCCC)[N+](C)(C)CCCCCCCCCCCC.[Br-].[Br-].[Br-]. The lowest BCUT2D eigenvalue weighted by atomic mass is 9.86. The van der Waals surface area contributed by atoms with E-state index in [1.165, 1.54) is 230 Å². The van der Waals surface area contributed by atoms with Crippen LogP contribution in [0.2, 0.25) is 0 Å². The van der Waals surface area contributed by atoms with Gasteiger partial charge >= 0.3 is 0 Å². The number of hydrogen-bond acceptors (Lipinski definition) is 0. The van der Waals surface area contributed by atoms with Crippen molar-refractivity contribution in [2.45, 2.75) is 245 Å². The highest BCUT2D eigenvalue weighted by Crippen LogP contribution is 2.25. The Morgan fingerprint density at radius 3 is 1.14 bits per heavy atom. The van der Waals surface area contributed by atoms with E-state index in [0.29, 0.717) is 5.54 Å². The lowest BCUT2D eigenvalue weighted by Gasteiger charge is -2.45. The van der Waals surface area contributed by atoms with Gasteiger partial charge in [-0.2, -0.15) is 0 Å². The fourth-order valence-electron chi connectivity index (χ4n) is 8.48. The highest BCUT2D eigenvalue weighted by Gasteiger charge is 2.43. The molecule has 0 heterocycles. The first-order valence-corrected chi connectivity index (χ1v) is 22.7. The van der Waals surface area contributed by atoms with Crippen LogP contribution in [0.15, 0.2) is 0 Å². The van der Waals surface area contributed by atoms with Crippen LogP contribution in [0.1, 0.15) is 234 Å². The Balaban J connectivity index is -0.00000368. The van der Waals surface area contributed by atoms with Crippen LogP contribution in [0, 0.1) is 0 Å². The van der Waals surface area contributed by atoms with Crippen LogP contribution in [-0.2, 0) is 0 Å². The van der Waals surface area contributed by atoms with E-state index in [1.807, 2.05) is 0 Å². The van der Waals surface area contributed by atoms with Gasteiger partial charge in [-0.05, 0) is 46.0 Å². The highest BCUT2D eigenvalue weighted by atomic mass is 79.9. The maximum atomic E-state index is 2.76. The molecule has 3 nitrogen and oxygen atoms in total. The van der Waals surface area contributed by atoms with E-state index in [2.05, 4.69) is 61.1 Å². The summed E-state index contributed by atoms with van der Waals surface area (Å²) in [5.41, 5.74) is 0.290. The van der Waals surface area contributed by atoms with Gasteiger partial charge in [0.15, 0.2) is 0 Å². The number of nitrogens with two attached hydrogens (primary N) is 1. The maximum Gasteiger partial charge on any atom is 0.143 e. The van der Waals surface area contributed by atoms with Crippen LogP contribution in [0.4, 0.5) is 0 Å². The van der Waals surface area contributed by atoms with Crippen LogP contribution < -0.4 is 61.2 Å². The number of unbranched alkanes of at least 4 members (excludes halogenated alkanes) is 27. The van der Waals surface area contributed by atoms with Gasteiger partial charge in [-0.3, -0.25) is 0 Å². The van der Waals surface area contributed by atoms with E-state index in [1.54, 1.807) is 4.90 Å². The smallest absolute Gasteiger partial charge is 0.143 e. The molecular weight excluding hydrogens is 822 g/mol. The van der Waals surface area contributed by atoms with Gasteiger partial charge in [0.1, 0.15) is 24.7 Å². The Hall–Kier alpha value is 1.32. The predicted molar refractivity (Wildman–Crippen MR) is 218 cm³/mol. The summed E-state index contributed by atoms with van der Waals surface area (Å²) in [5, 5.41) is 2.76. The molecule has 3 N–H and O–H groups in total. The van der Waals surface area contributed by atoms with Gasteiger partial charge in [0.2, 0.25) is 0 Å². The van der Waals surface area contributed by atoms with Crippen molar-refractivity contribution in [2.24, 2.45) is 0 Å². The second kappa shape index (κ2) is 42.5. The Morgan fingerprint density at radius 1 is 0.451 bits per heavy atom. The first-order chi connectivity index (χ1) is 23.2. The summed E-state index contributed by atoms with van der Waals surface area (Å²) in [6.07, 6.45) is 44.5. The minimum Gasteiger partial charge on any atom is -1.00 e. The van der Waals surface area contributed by atoms with Crippen LogP contribution in [-0.4, -0.2) is 63.4 Å². The third-order valence-electron chi connectivity index (χ3n) is 11.8. The lowest BCUT2D eigenvalue weighted by molar-refractivity contribution is -0.950. The number of halogens is 3. The molecule has 0 rings (SSSR count). The fraction of sp³-hybridized carbons (Fsp3) is 1.00. The number of hydrogen-bond donors (Lipinski definition) is 2. The van der Waals surface area contributed by atoms with Crippen LogP contribution >= 0.6 is 0 Å². The second-order valence-corrected chi connectivity index (χ2v) is 17.6. The van der Waals surface area contributed by atoms with Crippen molar-refractivity contribution >= 4 is 0 Å². The van der Waals surface area contributed by atoms with E-state index >= 15 is 0 Å². The summed E-state index contributed by atoms with van der Waals surface area (Å²) in [4.78, 5) is 1.74. The molecule has 0 fully saturated rings.